The van der Waals surface area contributed by atoms with Crippen molar-refractivity contribution in [3.8, 4) is 11.5 Å². The molecule has 0 aliphatic heterocycles. The lowest BCUT2D eigenvalue weighted by Crippen LogP contribution is -2.24. The van der Waals surface area contributed by atoms with Gasteiger partial charge in [0.05, 0.1) is 7.11 Å². The fourth-order valence-electron chi connectivity index (χ4n) is 2.26. The second-order valence-electron chi connectivity index (χ2n) is 5.84. The molecule has 0 bridgehead atoms. The maximum atomic E-state index is 11.9. The standard InChI is InChI=1S/C20H21NO6/c1-13-4-5-14(2)16(8-13)21-19(23)11-27-20(24)12-26-17-7-6-15(10-22)9-18(17)25-3/h4-10H,11-12H2,1-3H3,(H,21,23). The molecule has 27 heavy (non-hydrogen) atoms. The van der Waals surface area contributed by atoms with Crippen LogP contribution in [0.4, 0.5) is 5.69 Å². The van der Waals surface area contributed by atoms with Gasteiger partial charge >= 0.3 is 5.97 Å². The van der Waals surface area contributed by atoms with Crippen LogP contribution in [0.25, 0.3) is 0 Å². The van der Waals surface area contributed by atoms with Crippen molar-refractivity contribution in [1.29, 1.82) is 0 Å². The normalized spacial score (nSPS) is 10.0. The van der Waals surface area contributed by atoms with Gasteiger partial charge < -0.3 is 19.5 Å². The van der Waals surface area contributed by atoms with Gasteiger partial charge in [-0.25, -0.2) is 4.79 Å². The first kappa shape index (κ1) is 20.0. The minimum absolute atomic E-state index is 0.292. The van der Waals surface area contributed by atoms with Crippen molar-refractivity contribution in [1.82, 2.24) is 0 Å². The van der Waals surface area contributed by atoms with Gasteiger partial charge in [0.1, 0.15) is 6.29 Å². The lowest BCUT2D eigenvalue weighted by Gasteiger charge is -2.11. The smallest absolute Gasteiger partial charge is 0.344 e. The molecule has 0 saturated heterocycles. The Kier molecular flexibility index (Phi) is 6.93. The minimum Gasteiger partial charge on any atom is -0.493 e. The minimum atomic E-state index is -0.701. The molecule has 0 unspecified atom stereocenters. The zero-order valence-corrected chi connectivity index (χ0v) is 15.4. The van der Waals surface area contributed by atoms with Gasteiger partial charge in [0.15, 0.2) is 24.7 Å². The van der Waals surface area contributed by atoms with E-state index in [1.54, 1.807) is 0 Å². The number of amides is 1. The van der Waals surface area contributed by atoms with E-state index in [9.17, 15) is 14.4 Å². The van der Waals surface area contributed by atoms with E-state index in [0.717, 1.165) is 11.1 Å². The maximum Gasteiger partial charge on any atom is 0.344 e. The van der Waals surface area contributed by atoms with Crippen molar-refractivity contribution in [3.05, 3.63) is 53.1 Å². The molecular formula is C20H21NO6. The van der Waals surface area contributed by atoms with E-state index in [4.69, 9.17) is 14.2 Å². The average molecular weight is 371 g/mol. The Bertz CT molecular complexity index is 846. The van der Waals surface area contributed by atoms with Gasteiger partial charge in [0, 0.05) is 11.3 Å². The summed E-state index contributed by atoms with van der Waals surface area (Å²) in [4.78, 5) is 34.5. The van der Waals surface area contributed by atoms with Crippen molar-refractivity contribution < 1.29 is 28.6 Å². The van der Waals surface area contributed by atoms with Crippen LogP contribution in [0, 0.1) is 13.8 Å². The number of aryl methyl sites for hydroxylation is 2. The highest BCUT2D eigenvalue weighted by atomic mass is 16.6. The number of methoxy groups -OCH3 is 1. The largest absolute Gasteiger partial charge is 0.493 e. The third-order valence-corrected chi connectivity index (χ3v) is 3.70. The molecule has 0 aliphatic rings. The zero-order chi connectivity index (χ0) is 19.8. The van der Waals surface area contributed by atoms with Crippen LogP contribution in [-0.2, 0) is 14.3 Å². The van der Waals surface area contributed by atoms with Crippen LogP contribution in [-0.4, -0.2) is 38.5 Å². The van der Waals surface area contributed by atoms with E-state index in [1.165, 1.54) is 25.3 Å². The number of benzene rings is 2. The van der Waals surface area contributed by atoms with Gasteiger partial charge in [0.25, 0.3) is 5.91 Å². The van der Waals surface area contributed by atoms with Gasteiger partial charge in [-0.2, -0.15) is 0 Å². The van der Waals surface area contributed by atoms with Crippen LogP contribution in [0.5, 0.6) is 11.5 Å². The van der Waals surface area contributed by atoms with E-state index in [-0.39, 0.29) is 0 Å². The van der Waals surface area contributed by atoms with E-state index in [2.05, 4.69) is 5.32 Å². The molecule has 0 aliphatic carbocycles. The fourth-order valence-corrected chi connectivity index (χ4v) is 2.26. The average Bonchev–Trinajstić information content (AvgIpc) is 2.67. The first-order chi connectivity index (χ1) is 12.9. The summed E-state index contributed by atoms with van der Waals surface area (Å²) in [6, 6.07) is 10.2. The summed E-state index contributed by atoms with van der Waals surface area (Å²) in [6.07, 6.45) is 0.676. The number of hydrogen-bond acceptors (Lipinski definition) is 6. The Morgan fingerprint density at radius 2 is 1.81 bits per heavy atom. The molecule has 0 radical (unpaired) electrons. The summed E-state index contributed by atoms with van der Waals surface area (Å²) in [5.74, 6) is -0.530. The van der Waals surface area contributed by atoms with E-state index in [0.29, 0.717) is 29.0 Å². The highest BCUT2D eigenvalue weighted by molar-refractivity contribution is 5.93. The van der Waals surface area contributed by atoms with E-state index >= 15 is 0 Å². The van der Waals surface area contributed by atoms with E-state index < -0.39 is 25.1 Å². The molecule has 7 nitrogen and oxygen atoms in total. The van der Waals surface area contributed by atoms with Crippen molar-refractivity contribution >= 4 is 23.9 Å². The predicted octanol–water partition coefficient (Wildman–Crippen LogP) is 2.69. The lowest BCUT2D eigenvalue weighted by atomic mass is 10.1. The van der Waals surface area contributed by atoms with Gasteiger partial charge in [0.2, 0.25) is 0 Å². The highest BCUT2D eigenvalue weighted by Gasteiger charge is 2.12. The van der Waals surface area contributed by atoms with Gasteiger partial charge in [-0.1, -0.05) is 12.1 Å². The number of rotatable bonds is 8. The number of aldehydes is 1. The molecule has 0 aromatic heterocycles. The number of nitrogens with one attached hydrogen (secondary N) is 1. The zero-order valence-electron chi connectivity index (χ0n) is 15.4. The number of carbonyl (C=O) groups excluding carboxylic acids is 3. The summed E-state index contributed by atoms with van der Waals surface area (Å²) >= 11 is 0. The predicted molar refractivity (Wildman–Crippen MR) is 99.4 cm³/mol. The monoisotopic (exact) mass is 371 g/mol. The van der Waals surface area contributed by atoms with Gasteiger partial charge in [-0.05, 0) is 49.2 Å². The van der Waals surface area contributed by atoms with Crippen molar-refractivity contribution in [3.63, 3.8) is 0 Å². The number of esters is 1. The Labute approximate surface area is 157 Å². The van der Waals surface area contributed by atoms with Crippen molar-refractivity contribution in [2.45, 2.75) is 13.8 Å². The molecular weight excluding hydrogens is 350 g/mol. The number of hydrogen-bond donors (Lipinski definition) is 1. The van der Waals surface area contributed by atoms with Crippen molar-refractivity contribution in [2.24, 2.45) is 0 Å². The molecule has 1 amide bonds. The molecule has 1 N–H and O–H groups in total. The molecule has 0 spiro atoms. The molecule has 0 fully saturated rings. The SMILES string of the molecule is COc1cc(C=O)ccc1OCC(=O)OCC(=O)Nc1cc(C)ccc1C. The molecule has 7 heteroatoms. The summed E-state index contributed by atoms with van der Waals surface area (Å²) in [7, 11) is 1.42. The molecule has 0 heterocycles. The Hall–Kier alpha value is -3.35. The second kappa shape index (κ2) is 9.38. The first-order valence-corrected chi connectivity index (χ1v) is 8.21. The third kappa shape index (κ3) is 5.85. The molecule has 2 aromatic rings. The third-order valence-electron chi connectivity index (χ3n) is 3.70. The van der Waals surface area contributed by atoms with Crippen molar-refractivity contribution in [2.75, 3.05) is 25.6 Å². The Morgan fingerprint density at radius 3 is 2.52 bits per heavy atom. The highest BCUT2D eigenvalue weighted by Crippen LogP contribution is 2.27. The summed E-state index contributed by atoms with van der Waals surface area (Å²) in [6.45, 7) is 2.98. The van der Waals surface area contributed by atoms with Crippen LogP contribution in [0.15, 0.2) is 36.4 Å². The topological polar surface area (TPSA) is 90.9 Å². The summed E-state index contributed by atoms with van der Waals surface area (Å²) in [5, 5.41) is 2.70. The number of carbonyl (C=O) groups is 3. The molecule has 0 atom stereocenters. The summed E-state index contributed by atoms with van der Waals surface area (Å²) < 4.78 is 15.3. The summed E-state index contributed by atoms with van der Waals surface area (Å²) in [5.41, 5.74) is 3.02. The molecule has 2 aromatic carbocycles. The van der Waals surface area contributed by atoms with Crippen LogP contribution in [0.3, 0.4) is 0 Å². The van der Waals surface area contributed by atoms with Gasteiger partial charge in [-0.15, -0.1) is 0 Å². The van der Waals surface area contributed by atoms with Crippen LogP contribution in [0.1, 0.15) is 21.5 Å². The Balaban J connectivity index is 1.83. The molecule has 2 rings (SSSR count). The van der Waals surface area contributed by atoms with Crippen LogP contribution >= 0.6 is 0 Å². The molecule has 142 valence electrons. The first-order valence-electron chi connectivity index (χ1n) is 8.21. The van der Waals surface area contributed by atoms with Crippen LogP contribution < -0.4 is 14.8 Å². The second-order valence-corrected chi connectivity index (χ2v) is 5.84. The lowest BCUT2D eigenvalue weighted by molar-refractivity contribution is -0.149. The molecule has 0 saturated carbocycles. The number of ether oxygens (including phenoxy) is 3. The van der Waals surface area contributed by atoms with Gasteiger partial charge in [-0.3, -0.25) is 9.59 Å². The Morgan fingerprint density at radius 1 is 1.04 bits per heavy atom. The van der Waals surface area contributed by atoms with Crippen LogP contribution in [0.2, 0.25) is 0 Å². The van der Waals surface area contributed by atoms with E-state index in [1.807, 2.05) is 32.0 Å². The maximum absolute atomic E-state index is 11.9. The number of anilines is 1. The fraction of sp³-hybridized carbons (Fsp3) is 0.250. The quantitative estimate of drug-likeness (QED) is 0.567.